The first-order valence-corrected chi connectivity index (χ1v) is 6.62. The molecule has 1 N–H and O–H groups in total. The molecule has 2 bridgehead atoms. The first kappa shape index (κ1) is 13.7. The zero-order chi connectivity index (χ0) is 14.4. The normalized spacial score (nSPS) is 34.9. The van der Waals surface area contributed by atoms with Crippen molar-refractivity contribution in [1.29, 1.82) is 0 Å². The lowest BCUT2D eigenvalue weighted by atomic mass is 9.84. The number of hydrogen-bond donors (Lipinski definition) is 1. The molecule has 0 saturated carbocycles. The maximum atomic E-state index is 10.6. The van der Waals surface area contributed by atoms with Gasteiger partial charge in [-0.15, -0.1) is 0 Å². The van der Waals surface area contributed by atoms with E-state index in [-0.39, 0.29) is 0 Å². The summed E-state index contributed by atoms with van der Waals surface area (Å²) < 4.78 is 11.1. The van der Waals surface area contributed by atoms with Crippen LogP contribution in [0.4, 0.5) is 0 Å². The third-order valence-corrected chi connectivity index (χ3v) is 3.94. The van der Waals surface area contributed by atoms with Gasteiger partial charge in [-0.1, -0.05) is 37.3 Å². The van der Waals surface area contributed by atoms with Gasteiger partial charge in [-0.3, -0.25) is 4.74 Å². The van der Waals surface area contributed by atoms with Crippen molar-refractivity contribution >= 4 is 0 Å². The number of methoxy groups -OCH3 is 1. The van der Waals surface area contributed by atoms with E-state index in [9.17, 15) is 5.11 Å². The van der Waals surface area contributed by atoms with E-state index < -0.39 is 17.4 Å². The van der Waals surface area contributed by atoms with Crippen LogP contribution in [0.2, 0.25) is 0 Å². The third-order valence-electron chi connectivity index (χ3n) is 3.94. The summed E-state index contributed by atoms with van der Waals surface area (Å²) in [4.78, 5) is 10.6. The second-order valence-electron chi connectivity index (χ2n) is 5.24. The maximum Gasteiger partial charge on any atom is 0.336 e. The highest BCUT2D eigenvalue weighted by atomic mass is 17.3. The van der Waals surface area contributed by atoms with Crippen molar-refractivity contribution in [3.63, 3.8) is 0 Å². The molecule has 5 heteroatoms. The molecule has 1 fully saturated rings. The van der Waals surface area contributed by atoms with Gasteiger partial charge in [0.1, 0.15) is 0 Å². The highest BCUT2D eigenvalue weighted by Crippen LogP contribution is 2.55. The number of aliphatic hydroxyl groups is 1. The van der Waals surface area contributed by atoms with Gasteiger partial charge in [0.2, 0.25) is 0 Å². The van der Waals surface area contributed by atoms with Gasteiger partial charge in [-0.05, 0) is 13.3 Å². The van der Waals surface area contributed by atoms with Gasteiger partial charge in [0.15, 0.2) is 0 Å². The predicted molar refractivity (Wildman–Crippen MR) is 70.1 cm³/mol. The van der Waals surface area contributed by atoms with Crippen LogP contribution >= 0.6 is 0 Å². The Balaban J connectivity index is 2.13. The van der Waals surface area contributed by atoms with Gasteiger partial charge in [0.05, 0.1) is 5.60 Å². The monoisotopic (exact) mass is 278 g/mol. The molecule has 0 amide bonds. The minimum atomic E-state index is -1.40. The molecule has 2 aliphatic rings. The molecule has 5 nitrogen and oxygen atoms in total. The first-order valence-electron chi connectivity index (χ1n) is 6.62. The Morgan fingerprint density at radius 3 is 2.55 bits per heavy atom. The highest BCUT2D eigenvalue weighted by molar-refractivity contribution is 5.39. The smallest absolute Gasteiger partial charge is 0.336 e. The molecule has 1 aromatic rings. The van der Waals surface area contributed by atoms with Crippen LogP contribution in [0.5, 0.6) is 0 Å². The lowest BCUT2D eigenvalue weighted by Crippen LogP contribution is -2.40. The average Bonchev–Trinajstić information content (AvgIpc) is 3.04. The largest absolute Gasteiger partial charge is 0.386 e. The number of rotatable bonds is 4. The molecule has 0 aliphatic carbocycles. The summed E-state index contributed by atoms with van der Waals surface area (Å²) in [7, 11) is 1.46. The van der Waals surface area contributed by atoms with Gasteiger partial charge in [-0.25, -0.2) is 0 Å². The van der Waals surface area contributed by atoms with Crippen molar-refractivity contribution in [2.45, 2.75) is 37.6 Å². The number of hydrogen-bond acceptors (Lipinski definition) is 5. The Hall–Kier alpha value is -1.24. The SMILES string of the molecule is CCC(C)(O)C1=CC2(OC)OOC1(c1ccccc1)O2. The maximum absolute atomic E-state index is 10.6. The van der Waals surface area contributed by atoms with Crippen LogP contribution < -0.4 is 0 Å². The van der Waals surface area contributed by atoms with Crippen molar-refractivity contribution in [3.8, 4) is 0 Å². The minimum Gasteiger partial charge on any atom is -0.386 e. The summed E-state index contributed by atoms with van der Waals surface area (Å²) in [6, 6.07) is 9.37. The molecule has 3 rings (SSSR count). The molecule has 1 aromatic carbocycles. The molecule has 108 valence electrons. The van der Waals surface area contributed by atoms with Crippen LogP contribution in [0.25, 0.3) is 0 Å². The van der Waals surface area contributed by atoms with Gasteiger partial charge in [0, 0.05) is 24.3 Å². The lowest BCUT2D eigenvalue weighted by molar-refractivity contribution is -0.398. The van der Waals surface area contributed by atoms with E-state index in [0.717, 1.165) is 5.56 Å². The number of fused-ring (bicyclic) bond motifs is 2. The Bertz CT molecular complexity index is 538. The summed E-state index contributed by atoms with van der Waals surface area (Å²) in [5, 5.41) is 10.6. The van der Waals surface area contributed by atoms with Crippen LogP contribution in [0.1, 0.15) is 25.8 Å². The molecule has 2 heterocycles. The molecule has 0 aromatic heterocycles. The topological polar surface area (TPSA) is 57.2 Å². The molecular weight excluding hydrogens is 260 g/mol. The molecule has 0 spiro atoms. The fourth-order valence-electron chi connectivity index (χ4n) is 2.53. The van der Waals surface area contributed by atoms with E-state index in [0.29, 0.717) is 12.0 Å². The molecule has 3 unspecified atom stereocenters. The second kappa shape index (κ2) is 4.38. The van der Waals surface area contributed by atoms with E-state index in [1.807, 2.05) is 37.3 Å². The van der Waals surface area contributed by atoms with Gasteiger partial charge in [0.25, 0.3) is 5.79 Å². The summed E-state index contributed by atoms with van der Waals surface area (Å²) in [6.45, 7) is 3.62. The number of ether oxygens (including phenoxy) is 2. The van der Waals surface area contributed by atoms with Gasteiger partial charge < -0.3 is 9.84 Å². The van der Waals surface area contributed by atoms with Crippen molar-refractivity contribution in [2.75, 3.05) is 7.11 Å². The molecular formula is C15H18O5. The highest BCUT2D eigenvalue weighted by Gasteiger charge is 2.65. The summed E-state index contributed by atoms with van der Waals surface area (Å²) in [6.07, 6.45) is 2.16. The molecule has 20 heavy (non-hydrogen) atoms. The van der Waals surface area contributed by atoms with Crippen molar-refractivity contribution in [1.82, 2.24) is 0 Å². The van der Waals surface area contributed by atoms with E-state index in [1.54, 1.807) is 13.0 Å². The fourth-order valence-corrected chi connectivity index (χ4v) is 2.53. The Morgan fingerprint density at radius 1 is 1.25 bits per heavy atom. The first-order chi connectivity index (χ1) is 9.48. The van der Waals surface area contributed by atoms with Gasteiger partial charge >= 0.3 is 5.97 Å². The average molecular weight is 278 g/mol. The molecule has 1 saturated heterocycles. The molecule has 2 aliphatic heterocycles. The molecule has 3 atom stereocenters. The molecule has 0 radical (unpaired) electrons. The summed E-state index contributed by atoms with van der Waals surface area (Å²) in [5.74, 6) is -2.67. The third kappa shape index (κ3) is 1.75. The minimum absolute atomic E-state index is 0.514. The van der Waals surface area contributed by atoms with Crippen LogP contribution in [-0.4, -0.2) is 23.8 Å². The van der Waals surface area contributed by atoms with Crippen LogP contribution in [-0.2, 0) is 25.0 Å². The van der Waals surface area contributed by atoms with Crippen molar-refractivity contribution < 1.29 is 24.4 Å². The van der Waals surface area contributed by atoms with E-state index in [4.69, 9.17) is 19.2 Å². The van der Waals surface area contributed by atoms with Crippen LogP contribution in [0.3, 0.4) is 0 Å². The van der Waals surface area contributed by atoms with Crippen LogP contribution in [0.15, 0.2) is 42.0 Å². The Morgan fingerprint density at radius 2 is 1.95 bits per heavy atom. The number of benzene rings is 1. The zero-order valence-corrected chi connectivity index (χ0v) is 11.8. The quantitative estimate of drug-likeness (QED) is 0.676. The van der Waals surface area contributed by atoms with Gasteiger partial charge in [-0.2, -0.15) is 9.78 Å². The van der Waals surface area contributed by atoms with E-state index in [2.05, 4.69) is 0 Å². The summed E-state index contributed by atoms with van der Waals surface area (Å²) in [5.41, 5.74) is 0.253. The standard InChI is InChI=1S/C15H18O5/c1-4-13(2,16)12-10-14(17-3)18-15(12,20-19-14)11-8-6-5-7-9-11/h5-10,16H,4H2,1-3H3. The summed E-state index contributed by atoms with van der Waals surface area (Å²) >= 11 is 0. The Labute approximate surface area is 117 Å². The predicted octanol–water partition coefficient (Wildman–Crippen LogP) is 2.22. The van der Waals surface area contributed by atoms with Crippen molar-refractivity contribution in [2.24, 2.45) is 0 Å². The zero-order valence-electron chi connectivity index (χ0n) is 11.8. The van der Waals surface area contributed by atoms with E-state index in [1.165, 1.54) is 7.11 Å². The Kier molecular flexibility index (Phi) is 3.00. The van der Waals surface area contributed by atoms with Crippen molar-refractivity contribution in [3.05, 3.63) is 47.5 Å². The second-order valence-corrected chi connectivity index (χ2v) is 5.24. The lowest BCUT2D eigenvalue weighted by Gasteiger charge is -2.34. The van der Waals surface area contributed by atoms with E-state index >= 15 is 0 Å². The van der Waals surface area contributed by atoms with Crippen LogP contribution in [0, 0.1) is 0 Å². The fraction of sp³-hybridized carbons (Fsp3) is 0.467.